The number of nitrogens with zero attached hydrogens (tertiary/aromatic N) is 1. The van der Waals surface area contributed by atoms with Gasteiger partial charge >= 0.3 is 0 Å². The Balaban J connectivity index is 2.04. The van der Waals surface area contributed by atoms with E-state index in [0.29, 0.717) is 11.3 Å². The Labute approximate surface area is 146 Å². The fourth-order valence-corrected chi connectivity index (χ4v) is 3.54. The van der Waals surface area contributed by atoms with E-state index in [1.165, 1.54) is 12.1 Å². The van der Waals surface area contributed by atoms with Gasteiger partial charge in [0.15, 0.2) is 0 Å². The summed E-state index contributed by atoms with van der Waals surface area (Å²) in [5.74, 6) is 0.700. The number of ether oxygens (including phenoxy) is 1. The van der Waals surface area contributed by atoms with E-state index in [4.69, 9.17) is 4.74 Å². The van der Waals surface area contributed by atoms with Crippen LogP contribution in [-0.4, -0.2) is 26.5 Å². The van der Waals surface area contributed by atoms with Gasteiger partial charge in [0.05, 0.1) is 9.82 Å². The van der Waals surface area contributed by atoms with E-state index in [2.05, 4.69) is 4.72 Å². The van der Waals surface area contributed by atoms with Gasteiger partial charge < -0.3 is 4.74 Å². The van der Waals surface area contributed by atoms with Gasteiger partial charge in [0.2, 0.25) is 10.0 Å². The van der Waals surface area contributed by atoms with Crippen LogP contribution in [0.5, 0.6) is 5.75 Å². The third kappa shape index (κ3) is 4.77. The zero-order valence-corrected chi connectivity index (χ0v) is 15.1. The molecule has 134 valence electrons. The van der Waals surface area contributed by atoms with Crippen LogP contribution in [0.15, 0.2) is 41.3 Å². The number of sulfonamides is 1. The molecule has 0 heterocycles. The summed E-state index contributed by atoms with van der Waals surface area (Å²) in [6, 6.07) is 9.53. The van der Waals surface area contributed by atoms with Crippen LogP contribution in [0, 0.1) is 30.9 Å². The van der Waals surface area contributed by atoms with Crippen LogP contribution in [0.2, 0.25) is 0 Å². The number of nitro groups is 1. The average Bonchev–Trinajstić information content (AvgIpc) is 2.54. The highest BCUT2D eigenvalue weighted by atomic mass is 32.2. The number of non-ortho nitro benzene ring substituents is 1. The fourth-order valence-electron chi connectivity index (χ4n) is 2.27. The van der Waals surface area contributed by atoms with E-state index in [1.54, 1.807) is 6.92 Å². The highest BCUT2D eigenvalue weighted by molar-refractivity contribution is 7.89. The molecule has 0 spiro atoms. The smallest absolute Gasteiger partial charge is 0.270 e. The summed E-state index contributed by atoms with van der Waals surface area (Å²) < 4.78 is 32.8. The van der Waals surface area contributed by atoms with Gasteiger partial charge in [0, 0.05) is 18.7 Å². The zero-order chi connectivity index (χ0) is 18.6. The summed E-state index contributed by atoms with van der Waals surface area (Å²) in [6.07, 6.45) is 0. The maximum absolute atomic E-state index is 12.4. The van der Waals surface area contributed by atoms with Gasteiger partial charge in [-0.2, -0.15) is 0 Å². The van der Waals surface area contributed by atoms with Crippen molar-refractivity contribution in [2.24, 2.45) is 0 Å². The van der Waals surface area contributed by atoms with Gasteiger partial charge in [-0.05, 0) is 43.5 Å². The number of aryl methyl sites for hydroxylation is 3. The van der Waals surface area contributed by atoms with Gasteiger partial charge in [-0.1, -0.05) is 18.2 Å². The standard InChI is InChI=1S/C17H20N2O5S/c1-12-4-5-13(2)16(10-12)24-9-8-18-25(22,23)17-11-15(19(20)21)7-6-14(17)3/h4-7,10-11,18H,8-9H2,1-3H3. The molecule has 8 heteroatoms. The molecule has 0 aliphatic carbocycles. The summed E-state index contributed by atoms with van der Waals surface area (Å²) in [5.41, 5.74) is 2.18. The van der Waals surface area contributed by atoms with Crippen LogP contribution in [0.4, 0.5) is 5.69 Å². The minimum atomic E-state index is -3.85. The Bertz CT molecular complexity index is 894. The number of nitrogens with one attached hydrogen (secondary N) is 1. The summed E-state index contributed by atoms with van der Waals surface area (Å²) in [6.45, 7) is 5.64. The summed E-state index contributed by atoms with van der Waals surface area (Å²) in [5, 5.41) is 10.8. The van der Waals surface area contributed by atoms with Crippen molar-refractivity contribution in [2.75, 3.05) is 13.2 Å². The quantitative estimate of drug-likeness (QED) is 0.463. The van der Waals surface area contributed by atoms with Crippen LogP contribution in [0.1, 0.15) is 16.7 Å². The molecule has 2 aromatic rings. The number of rotatable bonds is 7. The first kappa shape index (κ1) is 18.9. The van der Waals surface area contributed by atoms with Gasteiger partial charge in [0.1, 0.15) is 12.4 Å². The molecule has 2 aromatic carbocycles. The van der Waals surface area contributed by atoms with Gasteiger partial charge in [-0.15, -0.1) is 0 Å². The molecule has 25 heavy (non-hydrogen) atoms. The normalized spacial score (nSPS) is 11.3. The summed E-state index contributed by atoms with van der Waals surface area (Å²) in [4.78, 5) is 10.1. The molecule has 0 aromatic heterocycles. The number of benzene rings is 2. The van der Waals surface area contributed by atoms with Crippen molar-refractivity contribution in [3.8, 4) is 5.75 Å². The molecule has 0 bridgehead atoms. The molecule has 7 nitrogen and oxygen atoms in total. The molecule has 0 aliphatic rings. The second-order valence-corrected chi connectivity index (χ2v) is 7.46. The van der Waals surface area contributed by atoms with E-state index >= 15 is 0 Å². The van der Waals surface area contributed by atoms with Gasteiger partial charge in [-0.3, -0.25) is 10.1 Å². The molecule has 0 atom stereocenters. The van der Waals surface area contributed by atoms with Crippen LogP contribution >= 0.6 is 0 Å². The van der Waals surface area contributed by atoms with Crippen LogP contribution in [0.25, 0.3) is 0 Å². The first-order valence-corrected chi connectivity index (χ1v) is 9.14. The first-order chi connectivity index (χ1) is 11.7. The number of hydrogen-bond acceptors (Lipinski definition) is 5. The predicted octanol–water partition coefficient (Wildman–Crippen LogP) is 2.88. The van der Waals surface area contributed by atoms with Crippen molar-refractivity contribution < 1.29 is 18.1 Å². The summed E-state index contributed by atoms with van der Waals surface area (Å²) in [7, 11) is -3.85. The van der Waals surface area contributed by atoms with Crippen LogP contribution < -0.4 is 9.46 Å². The fraction of sp³-hybridized carbons (Fsp3) is 0.294. The van der Waals surface area contributed by atoms with Crippen LogP contribution in [-0.2, 0) is 10.0 Å². The molecule has 0 saturated heterocycles. The Morgan fingerprint density at radius 1 is 1.08 bits per heavy atom. The topological polar surface area (TPSA) is 98.5 Å². The third-order valence-corrected chi connectivity index (χ3v) is 5.27. The lowest BCUT2D eigenvalue weighted by atomic mass is 10.1. The molecule has 0 amide bonds. The molecule has 0 saturated carbocycles. The lowest BCUT2D eigenvalue weighted by molar-refractivity contribution is -0.385. The van der Waals surface area contributed by atoms with E-state index in [9.17, 15) is 18.5 Å². The van der Waals surface area contributed by atoms with Crippen LogP contribution in [0.3, 0.4) is 0 Å². The van der Waals surface area contributed by atoms with E-state index in [1.807, 2.05) is 32.0 Å². The largest absolute Gasteiger partial charge is 0.492 e. The number of nitro benzene ring substituents is 1. The molecule has 1 N–H and O–H groups in total. The van der Waals surface area contributed by atoms with Gasteiger partial charge in [0.25, 0.3) is 5.69 Å². The van der Waals surface area contributed by atoms with Gasteiger partial charge in [-0.25, -0.2) is 13.1 Å². The molecule has 0 radical (unpaired) electrons. The zero-order valence-electron chi connectivity index (χ0n) is 14.3. The monoisotopic (exact) mass is 364 g/mol. The second kappa shape index (κ2) is 7.62. The minimum Gasteiger partial charge on any atom is -0.492 e. The van der Waals surface area contributed by atoms with Crippen molar-refractivity contribution in [1.82, 2.24) is 4.72 Å². The second-order valence-electron chi connectivity index (χ2n) is 5.72. The molecule has 0 fully saturated rings. The minimum absolute atomic E-state index is 0.0534. The van der Waals surface area contributed by atoms with E-state index in [0.717, 1.165) is 17.2 Å². The van der Waals surface area contributed by atoms with Crippen molar-refractivity contribution in [2.45, 2.75) is 25.7 Å². The lowest BCUT2D eigenvalue weighted by Gasteiger charge is -2.12. The maximum Gasteiger partial charge on any atom is 0.270 e. The van der Waals surface area contributed by atoms with E-state index < -0.39 is 14.9 Å². The number of hydrogen-bond donors (Lipinski definition) is 1. The molecule has 0 aliphatic heterocycles. The predicted molar refractivity (Wildman–Crippen MR) is 94.4 cm³/mol. The SMILES string of the molecule is Cc1ccc(C)c(OCCNS(=O)(=O)c2cc([N+](=O)[O-])ccc2C)c1. The third-order valence-electron chi connectivity index (χ3n) is 3.67. The Morgan fingerprint density at radius 2 is 1.76 bits per heavy atom. The Kier molecular flexibility index (Phi) is 5.76. The molecule has 2 rings (SSSR count). The molecule has 0 unspecified atom stereocenters. The van der Waals surface area contributed by atoms with Crippen molar-refractivity contribution in [1.29, 1.82) is 0 Å². The van der Waals surface area contributed by atoms with E-state index in [-0.39, 0.29) is 23.7 Å². The molecular weight excluding hydrogens is 344 g/mol. The lowest BCUT2D eigenvalue weighted by Crippen LogP contribution is -2.29. The molecular formula is C17H20N2O5S. The highest BCUT2D eigenvalue weighted by Crippen LogP contribution is 2.22. The van der Waals surface area contributed by atoms with Crippen molar-refractivity contribution in [3.05, 3.63) is 63.2 Å². The van der Waals surface area contributed by atoms with Crippen molar-refractivity contribution in [3.63, 3.8) is 0 Å². The summed E-state index contributed by atoms with van der Waals surface area (Å²) >= 11 is 0. The average molecular weight is 364 g/mol. The Morgan fingerprint density at radius 3 is 2.44 bits per heavy atom. The van der Waals surface area contributed by atoms with Crippen molar-refractivity contribution >= 4 is 15.7 Å². The maximum atomic E-state index is 12.4. The highest BCUT2D eigenvalue weighted by Gasteiger charge is 2.20. The first-order valence-electron chi connectivity index (χ1n) is 7.65. The Hall–Kier alpha value is -2.45.